The van der Waals surface area contributed by atoms with Crippen molar-refractivity contribution in [2.75, 3.05) is 25.4 Å². The van der Waals surface area contributed by atoms with Crippen molar-refractivity contribution in [3.8, 4) is 17.6 Å². The lowest BCUT2D eigenvalue weighted by molar-refractivity contribution is -0.147. The lowest BCUT2D eigenvalue weighted by Crippen LogP contribution is -2.46. The lowest BCUT2D eigenvalue weighted by Gasteiger charge is -2.30. The Morgan fingerprint density at radius 1 is 1.16 bits per heavy atom. The molecule has 0 radical (unpaired) electrons. The largest absolute Gasteiger partial charge is 0.415 e. The van der Waals surface area contributed by atoms with E-state index in [1.165, 1.54) is 21.9 Å². The van der Waals surface area contributed by atoms with Gasteiger partial charge in [0, 0.05) is 31.6 Å². The van der Waals surface area contributed by atoms with Crippen LogP contribution in [0, 0.1) is 29.4 Å². The minimum absolute atomic E-state index is 0.0521. The normalized spacial score (nSPS) is 16.8. The van der Waals surface area contributed by atoms with Crippen LogP contribution in [0.4, 0.5) is 19.4 Å². The number of nitrogens with zero attached hydrogens (tertiary/aromatic N) is 5. The van der Waals surface area contributed by atoms with Crippen molar-refractivity contribution >= 4 is 29.0 Å². The minimum atomic E-state index is -1.41. The smallest absolute Gasteiger partial charge is 0.410 e. The number of anilines is 1. The number of rotatable bonds is 9. The molecule has 15 heteroatoms. The predicted octanol–water partition coefficient (Wildman–Crippen LogP) is 1.31. The van der Waals surface area contributed by atoms with E-state index in [0.29, 0.717) is 43.5 Å². The second kappa shape index (κ2) is 13.3. The molecule has 3 aromatic rings. The number of aliphatic hydroxyl groups excluding tert-OH is 2. The SMILES string of the molecule is Nc1nc(C#CCC2CCN(C(=O)Oc3ccc(F)c(F)c3)CC2)nc2c1ncn2CO[C@H](C(=O)NC1CC1)C(O)CO. The average molecular weight is 600 g/mol. The fraction of sp³-hybridized carbons (Fsp3) is 0.464. The zero-order valence-corrected chi connectivity index (χ0v) is 23.1. The summed E-state index contributed by atoms with van der Waals surface area (Å²) in [6.45, 7) is 0.00155. The molecule has 1 saturated carbocycles. The van der Waals surface area contributed by atoms with Crippen LogP contribution in [0.5, 0.6) is 5.75 Å². The Bertz CT molecular complexity index is 1550. The number of nitrogen functional groups attached to an aromatic ring is 1. The van der Waals surface area contributed by atoms with Crippen LogP contribution in [0.15, 0.2) is 24.5 Å². The number of hydrogen-bond donors (Lipinski definition) is 4. The predicted molar refractivity (Wildman–Crippen MR) is 147 cm³/mol. The number of ether oxygens (including phenoxy) is 2. The average Bonchev–Trinajstić information content (AvgIpc) is 3.71. The third-order valence-corrected chi connectivity index (χ3v) is 7.16. The molecule has 1 aromatic carbocycles. The molecule has 1 aliphatic carbocycles. The molecule has 2 aromatic heterocycles. The number of nitrogens with two attached hydrogens (primary N) is 1. The molecule has 0 bridgehead atoms. The van der Waals surface area contributed by atoms with Crippen LogP contribution in [0.3, 0.4) is 0 Å². The van der Waals surface area contributed by atoms with Crippen LogP contribution in [0.2, 0.25) is 0 Å². The molecule has 5 N–H and O–H groups in total. The number of amides is 2. The quantitative estimate of drug-likeness (QED) is 0.262. The molecule has 2 aliphatic rings. The molecular formula is C28H31F2N7O6. The van der Waals surface area contributed by atoms with E-state index in [2.05, 4.69) is 32.1 Å². The summed E-state index contributed by atoms with van der Waals surface area (Å²) in [4.78, 5) is 39.2. The summed E-state index contributed by atoms with van der Waals surface area (Å²) in [6, 6.07) is 2.97. The van der Waals surface area contributed by atoms with Crippen LogP contribution < -0.4 is 15.8 Å². The van der Waals surface area contributed by atoms with Crippen molar-refractivity contribution < 1.29 is 38.1 Å². The van der Waals surface area contributed by atoms with Crippen molar-refractivity contribution in [1.82, 2.24) is 29.7 Å². The van der Waals surface area contributed by atoms with E-state index in [-0.39, 0.29) is 36.1 Å². The molecule has 43 heavy (non-hydrogen) atoms. The van der Waals surface area contributed by atoms with Crippen molar-refractivity contribution in [3.05, 3.63) is 42.0 Å². The van der Waals surface area contributed by atoms with Gasteiger partial charge in [-0.1, -0.05) is 5.92 Å². The molecule has 2 fully saturated rings. The Morgan fingerprint density at radius 2 is 1.93 bits per heavy atom. The minimum Gasteiger partial charge on any atom is -0.410 e. The number of halogens is 2. The van der Waals surface area contributed by atoms with Gasteiger partial charge in [-0.05, 0) is 49.7 Å². The summed E-state index contributed by atoms with van der Waals surface area (Å²) < 4.78 is 38.8. The Kier molecular flexibility index (Phi) is 9.29. The van der Waals surface area contributed by atoms with Crippen LogP contribution in [-0.2, 0) is 16.3 Å². The second-order valence-electron chi connectivity index (χ2n) is 10.4. The fourth-order valence-electron chi connectivity index (χ4n) is 4.55. The van der Waals surface area contributed by atoms with E-state index in [1.54, 1.807) is 0 Å². The lowest BCUT2D eigenvalue weighted by atomic mass is 9.94. The Morgan fingerprint density at radius 3 is 2.63 bits per heavy atom. The summed E-state index contributed by atoms with van der Waals surface area (Å²) in [5.41, 5.74) is 6.72. The number of benzene rings is 1. The maximum atomic E-state index is 13.4. The van der Waals surface area contributed by atoms with Crippen LogP contribution in [0.1, 0.15) is 37.9 Å². The highest BCUT2D eigenvalue weighted by atomic mass is 19.2. The monoisotopic (exact) mass is 599 g/mol. The van der Waals surface area contributed by atoms with Crippen molar-refractivity contribution in [2.24, 2.45) is 5.92 Å². The van der Waals surface area contributed by atoms with Crippen molar-refractivity contribution in [1.29, 1.82) is 0 Å². The third-order valence-electron chi connectivity index (χ3n) is 7.16. The number of nitrogens with one attached hydrogen (secondary N) is 1. The van der Waals surface area contributed by atoms with Gasteiger partial charge in [-0.15, -0.1) is 0 Å². The molecule has 1 saturated heterocycles. The van der Waals surface area contributed by atoms with Gasteiger partial charge < -0.3 is 35.6 Å². The number of likely N-dealkylation sites (tertiary alicyclic amines) is 1. The first-order valence-electron chi connectivity index (χ1n) is 13.8. The number of fused-ring (bicyclic) bond motifs is 1. The molecule has 3 heterocycles. The highest BCUT2D eigenvalue weighted by Crippen LogP contribution is 2.23. The highest BCUT2D eigenvalue weighted by molar-refractivity contribution is 5.82. The summed E-state index contributed by atoms with van der Waals surface area (Å²) in [5.74, 6) is 3.77. The number of aliphatic hydroxyl groups is 2. The van der Waals surface area contributed by atoms with E-state index in [4.69, 9.17) is 15.2 Å². The molecule has 5 rings (SSSR count). The molecule has 2 atom stereocenters. The van der Waals surface area contributed by atoms with E-state index in [0.717, 1.165) is 25.0 Å². The van der Waals surface area contributed by atoms with Gasteiger partial charge in [-0.2, -0.15) is 0 Å². The van der Waals surface area contributed by atoms with Crippen LogP contribution >= 0.6 is 0 Å². The number of hydrogen-bond acceptors (Lipinski definition) is 10. The molecule has 2 amide bonds. The highest BCUT2D eigenvalue weighted by Gasteiger charge is 2.32. The third kappa shape index (κ3) is 7.53. The number of piperidine rings is 1. The number of aromatic nitrogens is 4. The summed E-state index contributed by atoms with van der Waals surface area (Å²) in [5, 5.41) is 22.2. The molecule has 1 aliphatic heterocycles. The molecule has 1 unspecified atom stereocenters. The van der Waals surface area contributed by atoms with Crippen molar-refractivity contribution in [2.45, 2.75) is 57.1 Å². The Balaban J connectivity index is 1.16. The van der Waals surface area contributed by atoms with Crippen LogP contribution in [0.25, 0.3) is 11.2 Å². The first-order valence-corrected chi connectivity index (χ1v) is 13.8. The summed E-state index contributed by atoms with van der Waals surface area (Å²) >= 11 is 0. The standard InChI is InChI=1S/C28H31F2N7O6/c29-19-7-6-18(12-20(19)30)43-28(41)36-10-8-16(9-11-36)2-1-3-22-34-25(31)23-26(35-22)37(14-32-23)15-42-24(21(39)13-38)27(40)33-17-4-5-17/h6-7,12,14,16-17,21,24,38-39H,2,4-5,8-11,13,15H2,(H,33,40)(H2,31,34,35)/t21?,24-/m0/s1. The van der Waals surface area contributed by atoms with E-state index >= 15 is 0 Å². The summed E-state index contributed by atoms with van der Waals surface area (Å²) in [7, 11) is 0. The zero-order valence-electron chi connectivity index (χ0n) is 23.1. The topological polar surface area (TPSA) is 178 Å². The van der Waals surface area contributed by atoms with Gasteiger partial charge >= 0.3 is 6.09 Å². The molecular weight excluding hydrogens is 568 g/mol. The number of imidazole rings is 1. The molecule has 228 valence electrons. The number of carbonyl (C=O) groups excluding carboxylic acids is 2. The summed E-state index contributed by atoms with van der Waals surface area (Å²) in [6.07, 6.45) is 1.66. The molecule has 0 spiro atoms. The first-order chi connectivity index (χ1) is 20.7. The van der Waals surface area contributed by atoms with E-state index in [9.17, 15) is 28.6 Å². The number of carbonyl (C=O) groups is 2. The van der Waals surface area contributed by atoms with Gasteiger partial charge in [0.05, 0.1) is 12.9 Å². The van der Waals surface area contributed by atoms with Crippen molar-refractivity contribution in [3.63, 3.8) is 0 Å². The maximum absolute atomic E-state index is 13.4. The second-order valence-corrected chi connectivity index (χ2v) is 10.4. The van der Waals surface area contributed by atoms with Gasteiger partial charge in [-0.3, -0.25) is 9.36 Å². The molecule has 13 nitrogen and oxygen atoms in total. The van der Waals surface area contributed by atoms with Gasteiger partial charge in [0.1, 0.15) is 24.1 Å². The van der Waals surface area contributed by atoms with E-state index in [1.807, 2.05) is 0 Å². The fourth-order valence-corrected chi connectivity index (χ4v) is 4.55. The zero-order chi connectivity index (χ0) is 30.5. The van der Waals surface area contributed by atoms with Crippen LogP contribution in [-0.4, -0.2) is 84.6 Å². The first kappa shape index (κ1) is 30.1. The van der Waals surface area contributed by atoms with E-state index < -0.39 is 42.4 Å². The Hall–Kier alpha value is -4.39. The van der Waals surface area contributed by atoms with Gasteiger partial charge in [0.25, 0.3) is 5.91 Å². The van der Waals surface area contributed by atoms with Gasteiger partial charge in [0.15, 0.2) is 29.2 Å². The van der Waals surface area contributed by atoms with Gasteiger partial charge in [0.2, 0.25) is 5.82 Å². The van der Waals surface area contributed by atoms with Gasteiger partial charge in [-0.25, -0.2) is 28.5 Å². The Labute approximate surface area is 245 Å². The maximum Gasteiger partial charge on any atom is 0.415 e.